The molecule has 0 saturated carbocycles. The maximum absolute atomic E-state index is 6.00. The van der Waals surface area contributed by atoms with Crippen LogP contribution in [0.1, 0.15) is 5.69 Å². The van der Waals surface area contributed by atoms with Gasteiger partial charge >= 0.3 is 0 Å². The largest absolute Gasteiger partial charge is 0.490 e. The van der Waals surface area contributed by atoms with Crippen molar-refractivity contribution in [2.45, 2.75) is 6.92 Å². The van der Waals surface area contributed by atoms with Gasteiger partial charge in [-0.15, -0.1) is 0 Å². The van der Waals surface area contributed by atoms with Crippen molar-refractivity contribution in [2.24, 2.45) is 0 Å². The first-order valence-corrected chi connectivity index (χ1v) is 6.29. The lowest BCUT2D eigenvalue weighted by Crippen LogP contribution is -2.05. The lowest BCUT2D eigenvalue weighted by molar-refractivity contribution is 0.146. The van der Waals surface area contributed by atoms with E-state index in [0.29, 0.717) is 24.0 Å². The van der Waals surface area contributed by atoms with Gasteiger partial charge in [0.1, 0.15) is 12.4 Å². The molecule has 2 aromatic rings. The third-order valence-electron chi connectivity index (χ3n) is 2.55. The molecule has 0 amide bonds. The Hall–Kier alpha value is -1.65. The number of methoxy groups -OCH3 is 1. The molecule has 4 nitrogen and oxygen atoms in total. The standard InChI is InChI=1S/C14H15ClN2O2/c1-10-8-17-13(9-16-10)12-4-3-11(15)7-14(12)19-6-5-18-2/h3-4,7-9H,5-6H2,1-2H3. The third kappa shape index (κ3) is 3.66. The van der Waals surface area contributed by atoms with E-state index in [-0.39, 0.29) is 0 Å². The third-order valence-corrected chi connectivity index (χ3v) is 2.78. The van der Waals surface area contributed by atoms with Gasteiger partial charge in [-0.1, -0.05) is 11.6 Å². The van der Waals surface area contributed by atoms with Crippen LogP contribution < -0.4 is 4.74 Å². The van der Waals surface area contributed by atoms with E-state index in [9.17, 15) is 0 Å². The summed E-state index contributed by atoms with van der Waals surface area (Å²) >= 11 is 6.00. The van der Waals surface area contributed by atoms with E-state index < -0.39 is 0 Å². The summed E-state index contributed by atoms with van der Waals surface area (Å²) in [7, 11) is 1.63. The monoisotopic (exact) mass is 278 g/mol. The summed E-state index contributed by atoms with van der Waals surface area (Å²) in [6, 6.07) is 5.46. The topological polar surface area (TPSA) is 44.2 Å². The van der Waals surface area contributed by atoms with Gasteiger partial charge < -0.3 is 9.47 Å². The molecule has 0 N–H and O–H groups in total. The summed E-state index contributed by atoms with van der Waals surface area (Å²) in [6.07, 6.45) is 3.45. The fraction of sp³-hybridized carbons (Fsp3) is 0.286. The first-order valence-electron chi connectivity index (χ1n) is 5.91. The van der Waals surface area contributed by atoms with Crippen LogP contribution in [0.3, 0.4) is 0 Å². The maximum atomic E-state index is 6.00. The minimum Gasteiger partial charge on any atom is -0.490 e. The smallest absolute Gasteiger partial charge is 0.130 e. The molecule has 5 heteroatoms. The van der Waals surface area contributed by atoms with Crippen LogP contribution in [0, 0.1) is 6.92 Å². The van der Waals surface area contributed by atoms with Gasteiger partial charge in [0.05, 0.1) is 24.2 Å². The van der Waals surface area contributed by atoms with E-state index in [1.165, 1.54) is 0 Å². The van der Waals surface area contributed by atoms with Crippen molar-refractivity contribution in [3.63, 3.8) is 0 Å². The molecule has 1 heterocycles. The Bertz CT molecular complexity index is 544. The van der Waals surface area contributed by atoms with E-state index in [0.717, 1.165) is 17.0 Å². The molecule has 1 aromatic heterocycles. The van der Waals surface area contributed by atoms with Crippen molar-refractivity contribution < 1.29 is 9.47 Å². The van der Waals surface area contributed by atoms with E-state index in [1.54, 1.807) is 25.6 Å². The summed E-state index contributed by atoms with van der Waals surface area (Å²) < 4.78 is 10.6. The summed E-state index contributed by atoms with van der Waals surface area (Å²) in [5, 5.41) is 0.622. The second-order valence-electron chi connectivity index (χ2n) is 4.02. The Labute approximate surface area is 117 Å². The summed E-state index contributed by atoms with van der Waals surface area (Å²) in [4.78, 5) is 8.59. The van der Waals surface area contributed by atoms with E-state index in [1.807, 2.05) is 19.1 Å². The van der Waals surface area contributed by atoms with Crippen molar-refractivity contribution >= 4 is 11.6 Å². The molecule has 0 aliphatic heterocycles. The molecule has 100 valence electrons. The highest BCUT2D eigenvalue weighted by Gasteiger charge is 2.09. The molecule has 1 aromatic carbocycles. The summed E-state index contributed by atoms with van der Waals surface area (Å²) in [6.45, 7) is 2.88. The number of ether oxygens (including phenoxy) is 2. The molecule has 0 aliphatic rings. The van der Waals surface area contributed by atoms with Crippen LogP contribution in [0.25, 0.3) is 11.3 Å². The highest BCUT2D eigenvalue weighted by Crippen LogP contribution is 2.31. The van der Waals surface area contributed by atoms with Gasteiger partial charge in [0.2, 0.25) is 0 Å². The SMILES string of the molecule is COCCOc1cc(Cl)ccc1-c1cnc(C)cn1. The van der Waals surface area contributed by atoms with Crippen LogP contribution in [0.15, 0.2) is 30.6 Å². The van der Waals surface area contributed by atoms with Crippen LogP contribution in [0.5, 0.6) is 5.75 Å². The Morgan fingerprint density at radius 2 is 2.00 bits per heavy atom. The second-order valence-corrected chi connectivity index (χ2v) is 4.46. The van der Waals surface area contributed by atoms with Crippen molar-refractivity contribution in [3.05, 3.63) is 41.3 Å². The normalized spacial score (nSPS) is 10.5. The van der Waals surface area contributed by atoms with Gasteiger partial charge in [-0.05, 0) is 25.1 Å². The molecule has 0 bridgehead atoms. The molecule has 0 saturated heterocycles. The number of rotatable bonds is 5. The lowest BCUT2D eigenvalue weighted by atomic mass is 10.1. The predicted molar refractivity (Wildman–Crippen MR) is 74.6 cm³/mol. The fourth-order valence-electron chi connectivity index (χ4n) is 1.59. The Balaban J connectivity index is 2.30. The Morgan fingerprint density at radius 3 is 2.68 bits per heavy atom. The van der Waals surface area contributed by atoms with Gasteiger partial charge in [0, 0.05) is 23.9 Å². The lowest BCUT2D eigenvalue weighted by Gasteiger charge is -2.11. The molecule has 19 heavy (non-hydrogen) atoms. The number of nitrogens with zero attached hydrogens (tertiary/aromatic N) is 2. The van der Waals surface area contributed by atoms with Crippen molar-refractivity contribution in [1.82, 2.24) is 9.97 Å². The number of hydrogen-bond acceptors (Lipinski definition) is 4. The molecule has 0 aliphatic carbocycles. The Kier molecular flexibility index (Phi) is 4.71. The average Bonchev–Trinajstić information content (AvgIpc) is 2.41. The van der Waals surface area contributed by atoms with Crippen LogP contribution in [-0.4, -0.2) is 30.3 Å². The van der Waals surface area contributed by atoms with Crippen molar-refractivity contribution in [2.75, 3.05) is 20.3 Å². The number of aromatic nitrogens is 2. The molecule has 2 rings (SSSR count). The molecule has 0 atom stereocenters. The Morgan fingerprint density at radius 1 is 1.16 bits per heavy atom. The van der Waals surface area contributed by atoms with E-state index in [2.05, 4.69) is 9.97 Å². The zero-order valence-electron chi connectivity index (χ0n) is 10.9. The predicted octanol–water partition coefficient (Wildman–Crippen LogP) is 3.13. The zero-order chi connectivity index (χ0) is 13.7. The van der Waals surface area contributed by atoms with Crippen LogP contribution >= 0.6 is 11.6 Å². The van der Waals surface area contributed by atoms with Gasteiger partial charge in [-0.25, -0.2) is 0 Å². The molecule has 0 fully saturated rings. The first kappa shape index (κ1) is 13.8. The highest BCUT2D eigenvalue weighted by molar-refractivity contribution is 6.30. The summed E-state index contributed by atoms with van der Waals surface area (Å²) in [5.41, 5.74) is 2.50. The number of halogens is 1. The van der Waals surface area contributed by atoms with Crippen molar-refractivity contribution in [3.8, 4) is 17.0 Å². The maximum Gasteiger partial charge on any atom is 0.130 e. The summed E-state index contributed by atoms with van der Waals surface area (Å²) in [5.74, 6) is 0.683. The highest BCUT2D eigenvalue weighted by atomic mass is 35.5. The number of benzene rings is 1. The van der Waals surface area contributed by atoms with Crippen molar-refractivity contribution in [1.29, 1.82) is 0 Å². The molecule has 0 radical (unpaired) electrons. The van der Waals surface area contributed by atoms with Crippen LogP contribution in [0.4, 0.5) is 0 Å². The fourth-order valence-corrected chi connectivity index (χ4v) is 1.76. The molecular weight excluding hydrogens is 264 g/mol. The molecular formula is C14H15ClN2O2. The average molecular weight is 279 g/mol. The quantitative estimate of drug-likeness (QED) is 0.788. The number of aryl methyl sites for hydroxylation is 1. The van der Waals surface area contributed by atoms with E-state index in [4.69, 9.17) is 21.1 Å². The number of hydrogen-bond donors (Lipinski definition) is 0. The van der Waals surface area contributed by atoms with Crippen LogP contribution in [-0.2, 0) is 4.74 Å². The van der Waals surface area contributed by atoms with Gasteiger partial charge in [0.25, 0.3) is 0 Å². The first-order chi connectivity index (χ1) is 9.20. The van der Waals surface area contributed by atoms with E-state index >= 15 is 0 Å². The zero-order valence-corrected chi connectivity index (χ0v) is 11.6. The van der Waals surface area contributed by atoms with Gasteiger partial charge in [0.15, 0.2) is 0 Å². The van der Waals surface area contributed by atoms with Gasteiger partial charge in [-0.2, -0.15) is 0 Å². The van der Waals surface area contributed by atoms with Crippen LogP contribution in [0.2, 0.25) is 5.02 Å². The van der Waals surface area contributed by atoms with Gasteiger partial charge in [-0.3, -0.25) is 9.97 Å². The second kappa shape index (κ2) is 6.50. The minimum atomic E-state index is 0.461. The molecule has 0 spiro atoms. The molecule has 0 unspecified atom stereocenters. The minimum absolute atomic E-state index is 0.461.